The number of methoxy groups -OCH3 is 1. The van der Waals surface area contributed by atoms with Crippen LogP contribution in [0, 0.1) is 13.8 Å². The van der Waals surface area contributed by atoms with E-state index in [0.29, 0.717) is 6.54 Å². The van der Waals surface area contributed by atoms with Gasteiger partial charge in [-0.3, -0.25) is 0 Å². The summed E-state index contributed by atoms with van der Waals surface area (Å²) in [5.41, 5.74) is 9.08. The monoisotopic (exact) mass is 238 g/mol. The molecule has 1 unspecified atom stereocenters. The molecule has 0 heterocycles. The van der Waals surface area contributed by atoms with Crippen LogP contribution in [0.1, 0.15) is 16.7 Å². The van der Waals surface area contributed by atoms with Crippen LogP contribution in [0.5, 0.6) is 5.75 Å². The summed E-state index contributed by atoms with van der Waals surface area (Å²) in [5.74, 6) is 0.945. The number of hydrogen-bond acceptors (Lipinski definition) is 4. The van der Waals surface area contributed by atoms with Gasteiger partial charge in [0.2, 0.25) is 0 Å². The highest BCUT2D eigenvalue weighted by molar-refractivity contribution is 5.43. The zero-order valence-corrected chi connectivity index (χ0v) is 10.8. The van der Waals surface area contributed by atoms with Crippen molar-refractivity contribution in [2.45, 2.75) is 26.4 Å². The van der Waals surface area contributed by atoms with Crippen LogP contribution in [0.3, 0.4) is 0 Å². The molecule has 4 heteroatoms. The molecule has 0 aliphatic heterocycles. The number of benzene rings is 1. The first-order valence-electron chi connectivity index (χ1n) is 5.79. The van der Waals surface area contributed by atoms with Gasteiger partial charge in [0.05, 0.1) is 13.7 Å². The molecule has 17 heavy (non-hydrogen) atoms. The highest BCUT2D eigenvalue weighted by atomic mass is 16.5. The van der Waals surface area contributed by atoms with Crippen molar-refractivity contribution in [1.29, 1.82) is 0 Å². The Morgan fingerprint density at radius 2 is 1.94 bits per heavy atom. The van der Waals surface area contributed by atoms with E-state index < -0.39 is 0 Å². The smallest absolute Gasteiger partial charge is 0.124 e. The van der Waals surface area contributed by atoms with Crippen molar-refractivity contribution >= 4 is 0 Å². The molecule has 96 valence electrons. The van der Waals surface area contributed by atoms with Gasteiger partial charge < -0.3 is 20.9 Å². The maximum atomic E-state index is 8.81. The van der Waals surface area contributed by atoms with Crippen molar-refractivity contribution in [2.24, 2.45) is 5.73 Å². The van der Waals surface area contributed by atoms with Crippen molar-refractivity contribution in [2.75, 3.05) is 20.3 Å². The maximum Gasteiger partial charge on any atom is 0.124 e. The molecule has 4 N–H and O–H groups in total. The molecule has 0 fully saturated rings. The van der Waals surface area contributed by atoms with Crippen LogP contribution in [0.15, 0.2) is 12.1 Å². The van der Waals surface area contributed by atoms with Gasteiger partial charge in [0.25, 0.3) is 0 Å². The number of ether oxygens (including phenoxy) is 1. The fourth-order valence-electron chi connectivity index (χ4n) is 1.93. The third-order valence-corrected chi connectivity index (χ3v) is 2.69. The molecular formula is C13H22N2O2. The molecule has 0 bridgehead atoms. The summed E-state index contributed by atoms with van der Waals surface area (Å²) in [5, 5.41) is 12.0. The average molecular weight is 238 g/mol. The van der Waals surface area contributed by atoms with Crippen molar-refractivity contribution in [3.05, 3.63) is 28.8 Å². The quantitative estimate of drug-likeness (QED) is 0.683. The van der Waals surface area contributed by atoms with Gasteiger partial charge >= 0.3 is 0 Å². The molecule has 1 atom stereocenters. The molecule has 0 aliphatic rings. The van der Waals surface area contributed by atoms with E-state index in [1.54, 1.807) is 7.11 Å². The lowest BCUT2D eigenvalue weighted by molar-refractivity contribution is 0.262. The summed E-state index contributed by atoms with van der Waals surface area (Å²) in [6.45, 7) is 5.44. The number of hydrogen-bond donors (Lipinski definition) is 3. The standard InChI is InChI=1S/C13H22N2O2/c1-9-4-11(5-10(2)13(9)17-3)6-15-7-12(14)8-16/h4-5,12,15-16H,6-8,14H2,1-3H3. The Kier molecular flexibility index (Phi) is 5.41. The predicted molar refractivity (Wildman–Crippen MR) is 69.2 cm³/mol. The Hall–Kier alpha value is -1.10. The Balaban J connectivity index is 2.61. The zero-order valence-electron chi connectivity index (χ0n) is 10.8. The number of rotatable bonds is 6. The minimum absolute atomic E-state index is 0.00761. The second-order valence-electron chi connectivity index (χ2n) is 4.34. The molecule has 4 nitrogen and oxygen atoms in total. The van der Waals surface area contributed by atoms with E-state index in [9.17, 15) is 0 Å². The average Bonchev–Trinajstić information content (AvgIpc) is 2.28. The predicted octanol–water partition coefficient (Wildman–Crippen LogP) is 0.721. The Bertz CT molecular complexity index is 343. The number of aliphatic hydroxyl groups excluding tert-OH is 1. The summed E-state index contributed by atoms with van der Waals surface area (Å²) in [4.78, 5) is 0. The number of nitrogens with two attached hydrogens (primary N) is 1. The molecule has 1 rings (SSSR count). The maximum absolute atomic E-state index is 8.81. The van der Waals surface area contributed by atoms with E-state index in [-0.39, 0.29) is 12.6 Å². The molecule has 1 aromatic carbocycles. The van der Waals surface area contributed by atoms with E-state index in [1.807, 2.05) is 13.8 Å². The van der Waals surface area contributed by atoms with Crippen molar-refractivity contribution in [3.8, 4) is 5.75 Å². The summed E-state index contributed by atoms with van der Waals surface area (Å²) in [6.07, 6.45) is 0. The minimum Gasteiger partial charge on any atom is -0.496 e. The lowest BCUT2D eigenvalue weighted by atomic mass is 10.1. The summed E-state index contributed by atoms with van der Waals surface area (Å²) >= 11 is 0. The van der Waals surface area contributed by atoms with E-state index in [2.05, 4.69) is 17.4 Å². The first kappa shape index (κ1) is 14.0. The lowest BCUT2D eigenvalue weighted by Crippen LogP contribution is -2.36. The SMILES string of the molecule is COc1c(C)cc(CNCC(N)CO)cc1C. The van der Waals surface area contributed by atoms with Crippen LogP contribution in [0.2, 0.25) is 0 Å². The normalized spacial score (nSPS) is 12.5. The van der Waals surface area contributed by atoms with Crippen LogP contribution in [0.4, 0.5) is 0 Å². The topological polar surface area (TPSA) is 67.5 Å². The molecule has 0 spiro atoms. The molecule has 0 saturated carbocycles. The number of aryl methyl sites for hydroxylation is 2. The van der Waals surface area contributed by atoms with Crippen LogP contribution in [-0.2, 0) is 6.54 Å². The molecule has 0 aromatic heterocycles. The zero-order chi connectivity index (χ0) is 12.8. The molecule has 0 radical (unpaired) electrons. The second-order valence-corrected chi connectivity index (χ2v) is 4.34. The van der Waals surface area contributed by atoms with Gasteiger partial charge in [-0.05, 0) is 30.5 Å². The van der Waals surface area contributed by atoms with Crippen molar-refractivity contribution in [1.82, 2.24) is 5.32 Å². The third-order valence-electron chi connectivity index (χ3n) is 2.69. The van der Waals surface area contributed by atoms with Gasteiger partial charge in [0.15, 0.2) is 0 Å². The van der Waals surface area contributed by atoms with Crippen molar-refractivity contribution < 1.29 is 9.84 Å². The Labute approximate surface area is 103 Å². The van der Waals surface area contributed by atoms with Gasteiger partial charge in [-0.15, -0.1) is 0 Å². The van der Waals surface area contributed by atoms with Gasteiger partial charge in [0.1, 0.15) is 5.75 Å². The van der Waals surface area contributed by atoms with Gasteiger partial charge in [-0.25, -0.2) is 0 Å². The fraction of sp³-hybridized carbons (Fsp3) is 0.538. The summed E-state index contributed by atoms with van der Waals surface area (Å²) < 4.78 is 5.32. The lowest BCUT2D eigenvalue weighted by Gasteiger charge is -2.13. The van der Waals surface area contributed by atoms with Gasteiger partial charge in [0, 0.05) is 19.1 Å². The first-order chi connectivity index (χ1) is 8.08. The number of nitrogens with one attached hydrogen (secondary N) is 1. The summed E-state index contributed by atoms with van der Waals surface area (Å²) in [6, 6.07) is 4.00. The van der Waals surface area contributed by atoms with E-state index in [1.165, 1.54) is 5.56 Å². The van der Waals surface area contributed by atoms with Gasteiger partial charge in [-0.2, -0.15) is 0 Å². The molecule has 0 amide bonds. The first-order valence-corrected chi connectivity index (χ1v) is 5.79. The van der Waals surface area contributed by atoms with E-state index in [0.717, 1.165) is 23.4 Å². The van der Waals surface area contributed by atoms with Crippen LogP contribution in [-0.4, -0.2) is 31.4 Å². The van der Waals surface area contributed by atoms with Crippen LogP contribution >= 0.6 is 0 Å². The Morgan fingerprint density at radius 3 is 2.41 bits per heavy atom. The van der Waals surface area contributed by atoms with Crippen LogP contribution < -0.4 is 15.8 Å². The van der Waals surface area contributed by atoms with Crippen molar-refractivity contribution in [3.63, 3.8) is 0 Å². The fourth-order valence-corrected chi connectivity index (χ4v) is 1.93. The Morgan fingerprint density at radius 1 is 1.35 bits per heavy atom. The molecule has 0 aliphatic carbocycles. The molecular weight excluding hydrogens is 216 g/mol. The van der Waals surface area contributed by atoms with Gasteiger partial charge in [-0.1, -0.05) is 12.1 Å². The highest BCUT2D eigenvalue weighted by Gasteiger charge is 2.05. The van der Waals surface area contributed by atoms with Crippen LogP contribution in [0.25, 0.3) is 0 Å². The highest BCUT2D eigenvalue weighted by Crippen LogP contribution is 2.24. The second kappa shape index (κ2) is 6.59. The van der Waals surface area contributed by atoms with E-state index >= 15 is 0 Å². The minimum atomic E-state index is -0.199. The summed E-state index contributed by atoms with van der Waals surface area (Å²) in [7, 11) is 1.69. The molecule has 0 saturated heterocycles. The third kappa shape index (κ3) is 4.00. The number of aliphatic hydroxyl groups is 1. The molecule has 1 aromatic rings. The van der Waals surface area contributed by atoms with E-state index in [4.69, 9.17) is 15.6 Å². The largest absolute Gasteiger partial charge is 0.496 e.